The normalized spacial score (nSPS) is 18.4. The molecule has 2 aromatic carbocycles. The zero-order chi connectivity index (χ0) is 42.1. The van der Waals surface area contributed by atoms with E-state index in [-0.39, 0.29) is 19.8 Å². The molecule has 59 heavy (non-hydrogen) atoms. The maximum absolute atomic E-state index is 14.5. The minimum absolute atomic E-state index is 0.0223. The molecule has 0 bridgehead atoms. The van der Waals surface area contributed by atoms with Crippen LogP contribution in [0.2, 0.25) is 0 Å². The van der Waals surface area contributed by atoms with E-state index in [1.54, 1.807) is 77.4 Å². The first-order valence-corrected chi connectivity index (χ1v) is 20.3. The molecule has 5 amide bonds. The van der Waals surface area contributed by atoms with Gasteiger partial charge in [0.05, 0.1) is 29.7 Å². The summed E-state index contributed by atoms with van der Waals surface area (Å²) in [6.07, 6.45) is -0.124. The number of benzene rings is 2. The van der Waals surface area contributed by atoms with E-state index in [0.717, 1.165) is 5.56 Å². The van der Waals surface area contributed by atoms with Crippen molar-refractivity contribution >= 4 is 52.0 Å². The van der Waals surface area contributed by atoms with Crippen LogP contribution in [0, 0.1) is 5.92 Å². The molecule has 0 spiro atoms. The Kier molecular flexibility index (Phi) is 11.6. The minimum Gasteiger partial charge on any atom is -0.497 e. The van der Waals surface area contributed by atoms with Crippen LogP contribution < -0.4 is 40.4 Å². The van der Waals surface area contributed by atoms with Crippen molar-refractivity contribution in [3.63, 3.8) is 0 Å². The lowest BCUT2D eigenvalue weighted by Crippen LogP contribution is -2.67. The molecule has 1 saturated heterocycles. The molecule has 17 heteroatoms. The Bertz CT molecular complexity index is 2250. The summed E-state index contributed by atoms with van der Waals surface area (Å²) in [6.45, 7) is 8.82. The van der Waals surface area contributed by atoms with Crippen LogP contribution in [0.15, 0.2) is 60.0 Å². The van der Waals surface area contributed by atoms with Gasteiger partial charge in [-0.15, -0.1) is 11.3 Å². The fourth-order valence-corrected chi connectivity index (χ4v) is 7.87. The van der Waals surface area contributed by atoms with Gasteiger partial charge in [-0.2, -0.15) is 0 Å². The molecular formula is C42H48N6O10S. The maximum Gasteiger partial charge on any atom is 0.408 e. The summed E-state index contributed by atoms with van der Waals surface area (Å²) in [5.41, 5.74) is 4.67. The third-order valence-electron chi connectivity index (χ3n) is 10.4. The van der Waals surface area contributed by atoms with Crippen molar-refractivity contribution in [2.24, 2.45) is 5.92 Å². The van der Waals surface area contributed by atoms with Gasteiger partial charge in [0.2, 0.25) is 18.6 Å². The van der Waals surface area contributed by atoms with Gasteiger partial charge in [0, 0.05) is 29.5 Å². The van der Waals surface area contributed by atoms with Gasteiger partial charge in [0.25, 0.3) is 11.8 Å². The standard InChI is InChI=1S/C42H48N6O10S/c1-23(2)35(44-40(53)58-41(3,4)5)38(51)48-21-26(19-30(48)36(49)45-42(14-8-15-42)39(52)47-46-37(50)34-9-7-16-59-34)57-32-20-28(24-10-13-31-33(17-24)56-22-55-31)43-29-18-25(54-6)11-12-27(29)32/h7,9-13,16-18,20,23,26,30,35H,8,14-15,19,21-22H2,1-6H3,(H,44,53)(H,45,49)(H,46,50)(H,47,52)/t26?,30-,35-/m0/s1. The van der Waals surface area contributed by atoms with Gasteiger partial charge in [-0.25, -0.2) is 9.78 Å². The van der Waals surface area contributed by atoms with Crippen molar-refractivity contribution in [1.29, 1.82) is 0 Å². The van der Waals surface area contributed by atoms with E-state index in [2.05, 4.69) is 21.5 Å². The third-order valence-corrected chi connectivity index (χ3v) is 11.3. The predicted octanol–water partition coefficient (Wildman–Crippen LogP) is 5.10. The molecule has 3 atom stereocenters. The molecule has 7 rings (SSSR count). The number of aromatic nitrogens is 1. The van der Waals surface area contributed by atoms with Crippen molar-refractivity contribution < 1.29 is 47.7 Å². The Balaban J connectivity index is 1.18. The molecule has 1 unspecified atom stereocenters. The first kappa shape index (κ1) is 41.1. The fraction of sp³-hybridized carbons (Fsp3) is 0.429. The highest BCUT2D eigenvalue weighted by Crippen LogP contribution is 2.39. The Morgan fingerprint density at radius 1 is 0.983 bits per heavy atom. The fourth-order valence-electron chi connectivity index (χ4n) is 7.25. The Morgan fingerprint density at radius 3 is 2.44 bits per heavy atom. The van der Waals surface area contributed by atoms with Crippen molar-refractivity contribution in [2.75, 3.05) is 20.4 Å². The lowest BCUT2D eigenvalue weighted by Gasteiger charge is -2.42. The number of fused-ring (bicyclic) bond motifs is 2. The molecule has 3 aliphatic rings. The van der Waals surface area contributed by atoms with Gasteiger partial charge in [0.15, 0.2) is 11.5 Å². The lowest BCUT2D eigenvalue weighted by atomic mass is 9.75. The quantitative estimate of drug-likeness (QED) is 0.147. The predicted molar refractivity (Wildman–Crippen MR) is 217 cm³/mol. The summed E-state index contributed by atoms with van der Waals surface area (Å²) in [7, 11) is 1.57. The monoisotopic (exact) mass is 828 g/mol. The van der Waals surface area contributed by atoms with Crippen LogP contribution in [0.5, 0.6) is 23.0 Å². The molecule has 2 fully saturated rings. The smallest absolute Gasteiger partial charge is 0.408 e. The molecule has 1 aliphatic carbocycles. The Morgan fingerprint density at radius 2 is 1.76 bits per heavy atom. The lowest BCUT2D eigenvalue weighted by molar-refractivity contribution is -0.144. The molecule has 2 aromatic heterocycles. The second kappa shape index (κ2) is 16.6. The van der Waals surface area contributed by atoms with E-state index in [4.69, 9.17) is 28.7 Å². The number of carbonyl (C=O) groups is 5. The number of nitrogens with zero attached hydrogens (tertiary/aromatic N) is 2. The average Bonchev–Trinajstić information content (AvgIpc) is 3.97. The van der Waals surface area contributed by atoms with Crippen LogP contribution in [-0.2, 0) is 19.1 Å². The number of hydrogen-bond donors (Lipinski definition) is 4. The van der Waals surface area contributed by atoms with E-state index >= 15 is 0 Å². The van der Waals surface area contributed by atoms with Crippen LogP contribution in [0.3, 0.4) is 0 Å². The Hall–Kier alpha value is -6.10. The van der Waals surface area contributed by atoms with Crippen molar-refractivity contribution in [3.8, 4) is 34.3 Å². The number of hydrazine groups is 1. The van der Waals surface area contributed by atoms with Gasteiger partial charge in [-0.1, -0.05) is 19.9 Å². The number of amides is 5. The van der Waals surface area contributed by atoms with Gasteiger partial charge in [-0.3, -0.25) is 30.0 Å². The van der Waals surface area contributed by atoms with Crippen LogP contribution >= 0.6 is 11.3 Å². The number of hydrogen-bond acceptors (Lipinski definition) is 12. The molecule has 4 aromatic rings. The van der Waals surface area contributed by atoms with E-state index in [1.165, 1.54) is 16.2 Å². The highest BCUT2D eigenvalue weighted by molar-refractivity contribution is 7.12. The first-order valence-electron chi connectivity index (χ1n) is 19.4. The zero-order valence-corrected chi connectivity index (χ0v) is 34.5. The van der Waals surface area contributed by atoms with E-state index in [0.29, 0.717) is 63.7 Å². The van der Waals surface area contributed by atoms with Gasteiger partial charge >= 0.3 is 6.09 Å². The van der Waals surface area contributed by atoms with Gasteiger partial charge < -0.3 is 39.2 Å². The van der Waals surface area contributed by atoms with Crippen molar-refractivity contribution in [3.05, 3.63) is 64.9 Å². The summed E-state index contributed by atoms with van der Waals surface area (Å²) >= 11 is 1.22. The number of carbonyl (C=O) groups excluding carboxylic acids is 5. The molecule has 1 saturated carbocycles. The molecule has 312 valence electrons. The molecule has 2 aliphatic heterocycles. The van der Waals surface area contributed by atoms with Crippen LogP contribution in [-0.4, -0.2) is 89.4 Å². The molecule has 0 radical (unpaired) electrons. The second-order valence-corrected chi connectivity index (χ2v) is 17.1. The van der Waals surface area contributed by atoms with E-state index < -0.39 is 65.0 Å². The van der Waals surface area contributed by atoms with Crippen LogP contribution in [0.25, 0.3) is 22.2 Å². The molecule has 4 heterocycles. The average molecular weight is 829 g/mol. The van der Waals surface area contributed by atoms with Gasteiger partial charge in [0.1, 0.15) is 40.8 Å². The van der Waals surface area contributed by atoms with Crippen molar-refractivity contribution in [1.82, 2.24) is 31.4 Å². The number of rotatable bonds is 11. The number of ether oxygens (including phenoxy) is 5. The highest BCUT2D eigenvalue weighted by atomic mass is 32.1. The van der Waals surface area contributed by atoms with Gasteiger partial charge in [-0.05, 0) is 87.7 Å². The first-order chi connectivity index (χ1) is 28.1. The highest BCUT2D eigenvalue weighted by Gasteiger charge is 2.50. The largest absolute Gasteiger partial charge is 0.497 e. The number of likely N-dealkylation sites (tertiary alicyclic amines) is 1. The Labute approximate surface area is 345 Å². The number of thiophene rings is 1. The second-order valence-electron chi connectivity index (χ2n) is 16.1. The van der Waals surface area contributed by atoms with Crippen LogP contribution in [0.4, 0.5) is 4.79 Å². The summed E-state index contributed by atoms with van der Waals surface area (Å²) in [5.74, 6) is -0.297. The SMILES string of the molecule is COc1ccc2c(OC3C[C@@H](C(=O)NC4(C(=O)NNC(=O)c5cccs5)CCC4)N(C(=O)[C@@H](NC(=O)OC(C)(C)C)C(C)C)C3)cc(-c3ccc4c(c3)OCO4)nc2c1. The number of nitrogens with one attached hydrogen (secondary N) is 4. The summed E-state index contributed by atoms with van der Waals surface area (Å²) < 4.78 is 28.8. The molecular weight excluding hydrogens is 781 g/mol. The molecule has 16 nitrogen and oxygen atoms in total. The van der Waals surface area contributed by atoms with E-state index in [1.807, 2.05) is 24.3 Å². The minimum atomic E-state index is -1.32. The topological polar surface area (TPSA) is 196 Å². The summed E-state index contributed by atoms with van der Waals surface area (Å²) in [6, 6.07) is 13.9. The summed E-state index contributed by atoms with van der Waals surface area (Å²) in [5, 5.41) is 8.05. The maximum atomic E-state index is 14.5. The molecule has 4 N–H and O–H groups in total. The van der Waals surface area contributed by atoms with E-state index in [9.17, 15) is 24.0 Å². The van der Waals surface area contributed by atoms with Crippen molar-refractivity contribution in [2.45, 2.75) is 89.6 Å². The third kappa shape index (κ3) is 8.99. The number of alkyl carbamates (subject to hydrolysis) is 1. The number of methoxy groups -OCH3 is 1. The zero-order valence-electron chi connectivity index (χ0n) is 33.7. The number of pyridine rings is 1. The summed E-state index contributed by atoms with van der Waals surface area (Å²) in [4.78, 5) is 74.8. The van der Waals surface area contributed by atoms with Crippen LogP contribution in [0.1, 0.15) is 70.0 Å².